The Morgan fingerprint density at radius 3 is 2.17 bits per heavy atom. The number of imidazole rings is 2. The maximum atomic E-state index is 4.89. The largest absolute Gasteiger partial charge is 0.331 e. The Hall–Kier alpha value is -2.62. The third kappa shape index (κ3) is 1.99. The fourth-order valence-corrected chi connectivity index (χ4v) is 3.89. The number of aryl methyl sites for hydroxylation is 1. The zero-order valence-electron chi connectivity index (χ0n) is 14.2. The molecule has 2 unspecified atom stereocenters. The minimum Gasteiger partial charge on any atom is -0.331 e. The first kappa shape index (κ1) is 14.9. The van der Waals surface area contributed by atoms with Crippen molar-refractivity contribution in [3.05, 3.63) is 60.5 Å². The van der Waals surface area contributed by atoms with E-state index in [1.165, 1.54) is 5.52 Å². The number of benzene rings is 1. The molecule has 2 atom stereocenters. The molecular weight excluding hydrogens is 296 g/mol. The van der Waals surface area contributed by atoms with Crippen molar-refractivity contribution in [2.24, 2.45) is 14.1 Å². The normalized spacial score (nSPS) is 20.1. The van der Waals surface area contributed by atoms with Crippen LogP contribution in [0.2, 0.25) is 0 Å². The van der Waals surface area contributed by atoms with Gasteiger partial charge in [0.2, 0.25) is 0 Å². The van der Waals surface area contributed by atoms with Crippen molar-refractivity contribution in [2.75, 3.05) is 0 Å². The van der Waals surface area contributed by atoms with Gasteiger partial charge >= 0.3 is 0 Å². The van der Waals surface area contributed by atoms with Crippen LogP contribution in [0.5, 0.6) is 0 Å². The Kier molecular flexibility index (Phi) is 3.41. The Morgan fingerprint density at radius 2 is 1.62 bits per heavy atom. The van der Waals surface area contributed by atoms with Gasteiger partial charge in [0.25, 0.3) is 0 Å². The van der Waals surface area contributed by atoms with Crippen LogP contribution >= 0.6 is 0 Å². The second-order valence-corrected chi connectivity index (χ2v) is 6.52. The lowest BCUT2D eigenvalue weighted by Gasteiger charge is -2.35. The first-order valence-electron chi connectivity index (χ1n) is 8.38. The highest BCUT2D eigenvalue weighted by atomic mass is 15.1. The van der Waals surface area contributed by atoms with Crippen LogP contribution in [-0.2, 0) is 14.1 Å². The van der Waals surface area contributed by atoms with Gasteiger partial charge in [-0.3, -0.25) is 0 Å². The summed E-state index contributed by atoms with van der Waals surface area (Å²) in [6.45, 7) is 7.79. The predicted molar refractivity (Wildman–Crippen MR) is 98.8 cm³/mol. The summed E-state index contributed by atoms with van der Waals surface area (Å²) in [4.78, 5) is 9.71. The van der Waals surface area contributed by atoms with Gasteiger partial charge in [-0.15, -0.1) is 0 Å². The highest BCUT2D eigenvalue weighted by Crippen LogP contribution is 2.48. The van der Waals surface area contributed by atoms with E-state index in [0.29, 0.717) is 11.8 Å². The quantitative estimate of drug-likeness (QED) is 0.721. The Balaban J connectivity index is 1.76. The lowest BCUT2D eigenvalue weighted by molar-refractivity contribution is 0.309. The number of hydrogen-bond donors (Lipinski definition) is 0. The van der Waals surface area contributed by atoms with Crippen molar-refractivity contribution in [2.45, 2.75) is 24.7 Å². The van der Waals surface area contributed by atoms with Crippen LogP contribution in [0.3, 0.4) is 0 Å². The van der Waals surface area contributed by atoms with Gasteiger partial charge in [0.15, 0.2) is 0 Å². The van der Waals surface area contributed by atoms with E-state index in [1.807, 2.05) is 18.2 Å². The van der Waals surface area contributed by atoms with E-state index in [4.69, 9.17) is 9.97 Å². The van der Waals surface area contributed by atoms with Gasteiger partial charge in [0, 0.05) is 25.9 Å². The Bertz CT molecular complexity index is 944. The number of hydrogen-bond acceptors (Lipinski definition) is 2. The molecule has 0 N–H and O–H groups in total. The minimum absolute atomic E-state index is 0.401. The van der Waals surface area contributed by atoms with Crippen molar-refractivity contribution < 1.29 is 0 Å². The van der Waals surface area contributed by atoms with Crippen LogP contribution in [0.4, 0.5) is 0 Å². The van der Waals surface area contributed by atoms with Crippen molar-refractivity contribution >= 4 is 23.2 Å². The second-order valence-electron chi connectivity index (χ2n) is 6.52. The van der Waals surface area contributed by atoms with Gasteiger partial charge in [0.1, 0.15) is 11.6 Å². The minimum atomic E-state index is 0.401. The number of nitrogens with zero attached hydrogens (tertiary/aromatic N) is 4. The van der Waals surface area contributed by atoms with Gasteiger partial charge in [-0.2, -0.15) is 0 Å². The van der Waals surface area contributed by atoms with E-state index in [2.05, 4.69) is 54.6 Å². The lowest BCUT2D eigenvalue weighted by atomic mass is 9.72. The van der Waals surface area contributed by atoms with E-state index in [1.54, 1.807) is 0 Å². The van der Waals surface area contributed by atoms with Gasteiger partial charge in [0.05, 0.1) is 22.4 Å². The van der Waals surface area contributed by atoms with E-state index in [9.17, 15) is 0 Å². The molecule has 4 heteroatoms. The predicted octanol–water partition coefficient (Wildman–Crippen LogP) is 4.25. The smallest absolute Gasteiger partial charge is 0.113 e. The number of para-hydroxylation sites is 2. The van der Waals surface area contributed by atoms with Crippen LogP contribution in [-0.4, -0.2) is 19.1 Å². The number of aromatic nitrogens is 4. The molecule has 4 nitrogen and oxygen atoms in total. The van der Waals surface area contributed by atoms with Crippen LogP contribution in [0.25, 0.3) is 23.2 Å². The molecule has 2 heterocycles. The average Bonchev–Trinajstić information content (AvgIpc) is 3.05. The number of rotatable bonds is 4. The third-order valence-electron chi connectivity index (χ3n) is 5.35. The van der Waals surface area contributed by atoms with Crippen LogP contribution in [0.15, 0.2) is 37.4 Å². The summed E-state index contributed by atoms with van der Waals surface area (Å²) in [5.41, 5.74) is 4.21. The molecule has 122 valence electrons. The molecule has 1 fully saturated rings. The lowest BCUT2D eigenvalue weighted by Crippen LogP contribution is -2.27. The summed E-state index contributed by atoms with van der Waals surface area (Å²) >= 11 is 0. The summed E-state index contributed by atoms with van der Waals surface area (Å²) in [6.07, 6.45) is 5.97. The molecule has 1 aliphatic carbocycles. The Labute approximate surface area is 142 Å². The molecule has 24 heavy (non-hydrogen) atoms. The maximum absolute atomic E-state index is 4.89. The van der Waals surface area contributed by atoms with Gasteiger partial charge in [-0.25, -0.2) is 9.97 Å². The maximum Gasteiger partial charge on any atom is 0.113 e. The topological polar surface area (TPSA) is 35.6 Å². The fourth-order valence-electron chi connectivity index (χ4n) is 3.89. The standard InChI is InChI=1S/C20H22N4/c1-5-15-17(6-2)23(3)19(21-15)13-11-12-14(13)20-22-16-9-7-8-10-18(16)24(20)4/h5-10,13-14H,1-2,11-12H2,3-4H3. The molecular formula is C20H22N4. The average molecular weight is 318 g/mol. The first-order chi connectivity index (χ1) is 11.7. The molecule has 0 radical (unpaired) electrons. The van der Waals surface area contributed by atoms with Crippen LogP contribution < -0.4 is 0 Å². The molecule has 1 aliphatic rings. The van der Waals surface area contributed by atoms with E-state index in [-0.39, 0.29) is 0 Å². The van der Waals surface area contributed by atoms with Crippen LogP contribution in [0, 0.1) is 0 Å². The number of fused-ring (bicyclic) bond motifs is 1. The van der Waals surface area contributed by atoms with Crippen molar-refractivity contribution in [1.29, 1.82) is 0 Å². The first-order valence-corrected chi connectivity index (χ1v) is 8.38. The molecule has 0 aliphatic heterocycles. The summed E-state index contributed by atoms with van der Waals surface area (Å²) in [5.74, 6) is 3.09. The highest BCUT2D eigenvalue weighted by Gasteiger charge is 2.39. The van der Waals surface area contributed by atoms with Crippen LogP contribution in [0.1, 0.15) is 47.7 Å². The van der Waals surface area contributed by atoms with E-state index < -0.39 is 0 Å². The molecule has 1 aromatic carbocycles. The zero-order valence-corrected chi connectivity index (χ0v) is 14.2. The van der Waals surface area contributed by atoms with Gasteiger partial charge < -0.3 is 9.13 Å². The molecule has 1 saturated carbocycles. The van der Waals surface area contributed by atoms with Gasteiger partial charge in [-0.1, -0.05) is 25.3 Å². The highest BCUT2D eigenvalue weighted by molar-refractivity contribution is 5.76. The monoisotopic (exact) mass is 318 g/mol. The SMILES string of the molecule is C=Cc1nc(C2CCC2c2nc3ccccc3n2C)n(C)c1C=C. The van der Waals surface area contributed by atoms with Gasteiger partial charge in [-0.05, 0) is 37.1 Å². The van der Waals surface area contributed by atoms with Crippen molar-refractivity contribution in [3.63, 3.8) is 0 Å². The van der Waals surface area contributed by atoms with Crippen molar-refractivity contribution in [1.82, 2.24) is 19.1 Å². The summed E-state index contributed by atoms with van der Waals surface area (Å²) in [7, 11) is 4.18. The molecule has 4 rings (SSSR count). The molecule has 2 aromatic heterocycles. The zero-order chi connectivity index (χ0) is 16.8. The Morgan fingerprint density at radius 1 is 0.958 bits per heavy atom. The molecule has 0 amide bonds. The summed E-state index contributed by atoms with van der Waals surface area (Å²) in [6, 6.07) is 8.32. The molecule has 0 saturated heterocycles. The second kappa shape index (κ2) is 5.48. The summed E-state index contributed by atoms with van der Waals surface area (Å²) in [5, 5.41) is 0. The molecule has 3 aromatic rings. The molecule has 0 bridgehead atoms. The van der Waals surface area contributed by atoms with E-state index >= 15 is 0 Å². The molecule has 0 spiro atoms. The third-order valence-corrected chi connectivity index (χ3v) is 5.35. The van der Waals surface area contributed by atoms with E-state index in [0.717, 1.165) is 41.4 Å². The summed E-state index contributed by atoms with van der Waals surface area (Å²) < 4.78 is 4.39. The van der Waals surface area contributed by atoms with Crippen molar-refractivity contribution in [3.8, 4) is 0 Å². The fraction of sp³-hybridized carbons (Fsp3) is 0.300.